The van der Waals surface area contributed by atoms with E-state index < -0.39 is 0 Å². The first-order valence-electron chi connectivity index (χ1n) is 5.42. The first kappa shape index (κ1) is 11.5. The van der Waals surface area contributed by atoms with Gasteiger partial charge in [0.25, 0.3) is 0 Å². The van der Waals surface area contributed by atoms with Crippen molar-refractivity contribution in [3.8, 4) is 0 Å². The molecule has 0 aliphatic carbocycles. The number of halogens is 1. The van der Waals surface area contributed by atoms with E-state index in [0.717, 1.165) is 15.8 Å². The molecule has 0 aromatic heterocycles. The summed E-state index contributed by atoms with van der Waals surface area (Å²) in [6, 6.07) is 6.08. The van der Waals surface area contributed by atoms with Crippen LogP contribution in [0.25, 0.3) is 0 Å². The van der Waals surface area contributed by atoms with Crippen molar-refractivity contribution in [1.29, 1.82) is 0 Å². The van der Waals surface area contributed by atoms with Crippen molar-refractivity contribution >= 4 is 33.2 Å². The van der Waals surface area contributed by atoms with E-state index in [0.29, 0.717) is 12.3 Å². The molecule has 2 rings (SSSR count). The second-order valence-corrected chi connectivity index (χ2v) is 5.35. The van der Waals surface area contributed by atoms with Crippen molar-refractivity contribution < 1.29 is 4.79 Å². The molecule has 0 spiro atoms. The van der Waals surface area contributed by atoms with Crippen molar-refractivity contribution in [3.63, 3.8) is 0 Å². The molecule has 1 amide bonds. The third kappa shape index (κ3) is 2.38. The summed E-state index contributed by atoms with van der Waals surface area (Å²) in [4.78, 5) is 11.7. The molecule has 1 aromatic rings. The molecular formula is C12H15BrN2O. The van der Waals surface area contributed by atoms with Crippen molar-refractivity contribution in [2.24, 2.45) is 5.92 Å². The lowest BCUT2D eigenvalue weighted by atomic mass is 10.0. The van der Waals surface area contributed by atoms with Gasteiger partial charge in [-0.05, 0) is 24.1 Å². The number of rotatable bonds is 1. The quantitative estimate of drug-likeness (QED) is 0.830. The molecule has 0 fully saturated rings. The average molecular weight is 283 g/mol. The highest BCUT2D eigenvalue weighted by Crippen LogP contribution is 2.30. The highest BCUT2D eigenvalue weighted by atomic mass is 79.9. The lowest BCUT2D eigenvalue weighted by Crippen LogP contribution is -2.27. The molecule has 0 saturated heterocycles. The van der Waals surface area contributed by atoms with E-state index in [-0.39, 0.29) is 11.9 Å². The van der Waals surface area contributed by atoms with Gasteiger partial charge in [-0.15, -0.1) is 0 Å². The Kier molecular flexibility index (Phi) is 3.19. The van der Waals surface area contributed by atoms with Crippen molar-refractivity contribution in [1.82, 2.24) is 0 Å². The Morgan fingerprint density at radius 2 is 2.12 bits per heavy atom. The molecule has 16 heavy (non-hydrogen) atoms. The second-order valence-electron chi connectivity index (χ2n) is 4.44. The molecule has 2 N–H and O–H groups in total. The molecular weight excluding hydrogens is 268 g/mol. The van der Waals surface area contributed by atoms with Crippen LogP contribution in [0.4, 0.5) is 11.4 Å². The summed E-state index contributed by atoms with van der Waals surface area (Å²) in [5.41, 5.74) is 1.84. The average Bonchev–Trinajstić information content (AvgIpc) is 2.35. The Morgan fingerprint density at radius 3 is 2.81 bits per heavy atom. The normalized spacial score (nSPS) is 19.8. The van der Waals surface area contributed by atoms with E-state index >= 15 is 0 Å². The van der Waals surface area contributed by atoms with Crippen LogP contribution in [0.1, 0.15) is 20.3 Å². The standard InChI is InChI=1S/C12H15BrN2O/c1-7(2)10-6-12(16)15-11-5-8(13)3-4-9(11)14-10/h3-5,7,10,14H,6H2,1-2H3,(H,15,16). The fourth-order valence-electron chi connectivity index (χ4n) is 1.80. The van der Waals surface area contributed by atoms with Gasteiger partial charge in [0, 0.05) is 16.9 Å². The van der Waals surface area contributed by atoms with Crippen LogP contribution in [-0.2, 0) is 4.79 Å². The van der Waals surface area contributed by atoms with E-state index in [1.165, 1.54) is 0 Å². The molecule has 1 aliphatic heterocycles. The van der Waals surface area contributed by atoms with Crippen LogP contribution in [-0.4, -0.2) is 11.9 Å². The molecule has 1 unspecified atom stereocenters. The zero-order valence-corrected chi connectivity index (χ0v) is 11.0. The number of benzene rings is 1. The molecule has 1 heterocycles. The fraction of sp³-hybridized carbons (Fsp3) is 0.417. The molecule has 1 atom stereocenters. The van der Waals surface area contributed by atoms with Gasteiger partial charge in [-0.2, -0.15) is 0 Å². The fourth-order valence-corrected chi connectivity index (χ4v) is 2.16. The summed E-state index contributed by atoms with van der Waals surface area (Å²) in [5.74, 6) is 0.503. The number of fused-ring (bicyclic) bond motifs is 1. The molecule has 4 heteroatoms. The van der Waals surface area contributed by atoms with Gasteiger partial charge in [0.15, 0.2) is 0 Å². The van der Waals surface area contributed by atoms with Gasteiger partial charge >= 0.3 is 0 Å². The largest absolute Gasteiger partial charge is 0.380 e. The molecule has 86 valence electrons. The van der Waals surface area contributed by atoms with Crippen LogP contribution in [0.5, 0.6) is 0 Å². The Balaban J connectivity index is 2.35. The van der Waals surface area contributed by atoms with Gasteiger partial charge in [0.1, 0.15) is 0 Å². The van der Waals surface area contributed by atoms with Crippen molar-refractivity contribution in [3.05, 3.63) is 22.7 Å². The highest BCUT2D eigenvalue weighted by Gasteiger charge is 2.22. The van der Waals surface area contributed by atoms with Gasteiger partial charge in [-0.1, -0.05) is 29.8 Å². The first-order chi connectivity index (χ1) is 7.56. The SMILES string of the molecule is CC(C)C1CC(=O)Nc2cc(Br)ccc2N1. The maximum absolute atomic E-state index is 11.7. The van der Waals surface area contributed by atoms with Gasteiger partial charge in [-0.3, -0.25) is 4.79 Å². The Morgan fingerprint density at radius 1 is 1.38 bits per heavy atom. The number of hydrogen-bond acceptors (Lipinski definition) is 2. The van der Waals surface area contributed by atoms with Crippen LogP contribution in [0, 0.1) is 5.92 Å². The Bertz CT molecular complexity index is 417. The smallest absolute Gasteiger partial charge is 0.226 e. The van der Waals surface area contributed by atoms with Crippen LogP contribution in [0.15, 0.2) is 22.7 Å². The number of hydrogen-bond donors (Lipinski definition) is 2. The number of carbonyl (C=O) groups excluding carboxylic acids is 1. The minimum atomic E-state index is 0.0723. The van der Waals surface area contributed by atoms with Crippen molar-refractivity contribution in [2.75, 3.05) is 10.6 Å². The Labute approximate surface area is 104 Å². The van der Waals surface area contributed by atoms with Gasteiger partial charge in [-0.25, -0.2) is 0 Å². The molecule has 3 nitrogen and oxygen atoms in total. The summed E-state index contributed by atoms with van der Waals surface area (Å²) in [7, 11) is 0. The molecule has 1 aromatic carbocycles. The second kappa shape index (κ2) is 4.45. The third-order valence-electron chi connectivity index (χ3n) is 2.81. The van der Waals surface area contributed by atoms with Crippen LogP contribution in [0.2, 0.25) is 0 Å². The predicted molar refractivity (Wildman–Crippen MR) is 69.6 cm³/mol. The maximum Gasteiger partial charge on any atom is 0.226 e. The predicted octanol–water partition coefficient (Wildman–Crippen LogP) is 3.23. The number of nitrogens with one attached hydrogen (secondary N) is 2. The van der Waals surface area contributed by atoms with Gasteiger partial charge in [0.05, 0.1) is 11.4 Å². The summed E-state index contributed by atoms with van der Waals surface area (Å²) in [6.07, 6.45) is 0.518. The van der Waals surface area contributed by atoms with E-state index in [1.807, 2.05) is 18.2 Å². The van der Waals surface area contributed by atoms with Crippen LogP contribution >= 0.6 is 15.9 Å². The van der Waals surface area contributed by atoms with E-state index in [2.05, 4.69) is 40.4 Å². The van der Waals surface area contributed by atoms with Gasteiger partial charge < -0.3 is 10.6 Å². The zero-order valence-electron chi connectivity index (χ0n) is 9.38. The molecule has 1 aliphatic rings. The molecule has 0 saturated carbocycles. The first-order valence-corrected chi connectivity index (χ1v) is 6.21. The number of carbonyl (C=O) groups is 1. The summed E-state index contributed by atoms with van der Waals surface area (Å²) >= 11 is 3.40. The number of amides is 1. The third-order valence-corrected chi connectivity index (χ3v) is 3.30. The van der Waals surface area contributed by atoms with Gasteiger partial charge in [0.2, 0.25) is 5.91 Å². The highest BCUT2D eigenvalue weighted by molar-refractivity contribution is 9.10. The zero-order chi connectivity index (χ0) is 11.7. The monoisotopic (exact) mass is 282 g/mol. The number of anilines is 2. The van der Waals surface area contributed by atoms with E-state index in [9.17, 15) is 4.79 Å². The lowest BCUT2D eigenvalue weighted by Gasteiger charge is -2.20. The minimum absolute atomic E-state index is 0.0723. The van der Waals surface area contributed by atoms with Crippen LogP contribution < -0.4 is 10.6 Å². The topological polar surface area (TPSA) is 41.1 Å². The summed E-state index contributed by atoms with van der Waals surface area (Å²) in [6.45, 7) is 4.24. The maximum atomic E-state index is 11.7. The van der Waals surface area contributed by atoms with E-state index in [4.69, 9.17) is 0 Å². The minimum Gasteiger partial charge on any atom is -0.380 e. The lowest BCUT2D eigenvalue weighted by molar-refractivity contribution is -0.116. The molecule has 0 bridgehead atoms. The summed E-state index contributed by atoms with van der Waals surface area (Å²) < 4.78 is 0.969. The van der Waals surface area contributed by atoms with Crippen LogP contribution in [0.3, 0.4) is 0 Å². The Hall–Kier alpha value is -1.03. The van der Waals surface area contributed by atoms with Crippen molar-refractivity contribution in [2.45, 2.75) is 26.3 Å². The molecule has 0 radical (unpaired) electrons. The summed E-state index contributed by atoms with van der Waals surface area (Å²) in [5, 5.41) is 6.33. The van der Waals surface area contributed by atoms with E-state index in [1.54, 1.807) is 0 Å².